The predicted octanol–water partition coefficient (Wildman–Crippen LogP) is 2.79. The molecule has 1 aliphatic carbocycles. The van der Waals surface area contributed by atoms with Crippen molar-refractivity contribution in [1.82, 2.24) is 9.13 Å². The highest BCUT2D eigenvalue weighted by molar-refractivity contribution is 5.95. The molecule has 4 nitrogen and oxygen atoms in total. The van der Waals surface area contributed by atoms with E-state index in [9.17, 15) is 14.0 Å². The fourth-order valence-electron chi connectivity index (χ4n) is 2.42. The molecule has 0 spiro atoms. The van der Waals surface area contributed by atoms with Gasteiger partial charge in [-0.25, -0.2) is 9.18 Å². The first-order valence-electron chi connectivity index (χ1n) is 7.21. The molecule has 0 atom stereocenters. The number of carbonyl (C=O) groups excluding carboxylic acids is 1. The van der Waals surface area contributed by atoms with E-state index in [0.29, 0.717) is 31.0 Å². The van der Waals surface area contributed by atoms with E-state index in [1.807, 2.05) is 6.20 Å². The van der Waals surface area contributed by atoms with Gasteiger partial charge in [-0.1, -0.05) is 0 Å². The van der Waals surface area contributed by atoms with Gasteiger partial charge >= 0.3 is 5.69 Å². The summed E-state index contributed by atoms with van der Waals surface area (Å²) < 4.78 is 16.2. The third-order valence-electron chi connectivity index (χ3n) is 3.78. The Morgan fingerprint density at radius 2 is 1.90 bits per heavy atom. The summed E-state index contributed by atoms with van der Waals surface area (Å²) in [5.74, 6) is -0.371. The molecule has 2 aromatic rings. The lowest BCUT2D eigenvalue weighted by molar-refractivity contribution is 0.0978. The number of carbonyl (C=O) groups is 1. The summed E-state index contributed by atoms with van der Waals surface area (Å²) >= 11 is 0. The van der Waals surface area contributed by atoms with Crippen LogP contribution >= 0.6 is 0 Å². The number of hydrogen-bond acceptors (Lipinski definition) is 2. The van der Waals surface area contributed by atoms with Gasteiger partial charge in [0.25, 0.3) is 0 Å². The number of rotatable bonds is 6. The lowest BCUT2D eigenvalue weighted by Gasteiger charge is -2.03. The van der Waals surface area contributed by atoms with Crippen molar-refractivity contribution in [1.29, 1.82) is 0 Å². The molecule has 1 aliphatic rings. The maximum Gasteiger partial charge on any atom is 0.328 e. The number of benzene rings is 1. The summed E-state index contributed by atoms with van der Waals surface area (Å²) in [6.45, 7) is 0.533. The minimum atomic E-state index is -0.348. The van der Waals surface area contributed by atoms with E-state index in [1.54, 1.807) is 15.3 Å². The van der Waals surface area contributed by atoms with E-state index in [0.717, 1.165) is 12.8 Å². The lowest BCUT2D eigenvalue weighted by Crippen LogP contribution is -2.23. The minimum absolute atomic E-state index is 0.00623. The third-order valence-corrected chi connectivity index (χ3v) is 3.78. The van der Waals surface area contributed by atoms with Gasteiger partial charge in [0.05, 0.1) is 0 Å². The molecule has 5 heteroatoms. The Morgan fingerprint density at radius 1 is 1.19 bits per heavy atom. The molecule has 1 fully saturated rings. The van der Waals surface area contributed by atoms with Gasteiger partial charge in [0.2, 0.25) is 0 Å². The van der Waals surface area contributed by atoms with Gasteiger partial charge < -0.3 is 0 Å². The molecule has 21 heavy (non-hydrogen) atoms. The Bertz CT molecular complexity index is 696. The van der Waals surface area contributed by atoms with Crippen molar-refractivity contribution in [3.8, 4) is 0 Å². The standard InChI is InChI=1S/C16H17FN2O2/c17-13-5-3-12(4-6-13)15(20)2-1-9-18-10-11-19(16(18)21)14-7-8-14/h3-6,10-11,14H,1-2,7-9H2. The zero-order valence-electron chi connectivity index (χ0n) is 11.7. The van der Waals surface area contributed by atoms with Crippen molar-refractivity contribution in [3.05, 3.63) is 58.5 Å². The predicted molar refractivity (Wildman–Crippen MR) is 76.9 cm³/mol. The van der Waals surface area contributed by atoms with Crippen molar-refractivity contribution in [3.63, 3.8) is 0 Å². The molecule has 0 bridgehead atoms. The van der Waals surface area contributed by atoms with Crippen LogP contribution in [0.3, 0.4) is 0 Å². The number of ketones is 1. The van der Waals surface area contributed by atoms with Crippen LogP contribution < -0.4 is 5.69 Å². The van der Waals surface area contributed by atoms with Gasteiger partial charge in [0.15, 0.2) is 5.78 Å². The second kappa shape index (κ2) is 5.68. The maximum absolute atomic E-state index is 12.8. The number of hydrogen-bond donors (Lipinski definition) is 0. The molecule has 1 saturated carbocycles. The second-order valence-corrected chi connectivity index (χ2v) is 5.45. The first-order chi connectivity index (χ1) is 10.1. The summed E-state index contributed by atoms with van der Waals surface area (Å²) in [5.41, 5.74) is 0.519. The van der Waals surface area contributed by atoms with E-state index in [-0.39, 0.29) is 17.3 Å². The van der Waals surface area contributed by atoms with E-state index in [2.05, 4.69) is 0 Å². The van der Waals surface area contributed by atoms with Gasteiger partial charge in [-0.3, -0.25) is 13.9 Å². The van der Waals surface area contributed by atoms with Crippen LogP contribution in [0, 0.1) is 5.82 Å². The van der Waals surface area contributed by atoms with Crippen LogP contribution in [0.2, 0.25) is 0 Å². The summed E-state index contributed by atoms with van der Waals surface area (Å²) in [7, 11) is 0. The van der Waals surface area contributed by atoms with Crippen molar-refractivity contribution >= 4 is 5.78 Å². The largest absolute Gasteiger partial charge is 0.328 e. The highest BCUT2D eigenvalue weighted by Crippen LogP contribution is 2.33. The van der Waals surface area contributed by atoms with Crippen molar-refractivity contribution < 1.29 is 9.18 Å². The number of imidazole rings is 1. The molecule has 0 N–H and O–H groups in total. The van der Waals surface area contributed by atoms with Crippen LogP contribution in [0.5, 0.6) is 0 Å². The molecular weight excluding hydrogens is 271 g/mol. The minimum Gasteiger partial charge on any atom is -0.299 e. The molecule has 1 heterocycles. The molecule has 1 aromatic heterocycles. The number of nitrogens with zero attached hydrogens (tertiary/aromatic N) is 2. The Morgan fingerprint density at radius 3 is 2.57 bits per heavy atom. The molecule has 0 aliphatic heterocycles. The van der Waals surface area contributed by atoms with Crippen LogP contribution in [-0.4, -0.2) is 14.9 Å². The average molecular weight is 288 g/mol. The average Bonchev–Trinajstić information content (AvgIpc) is 3.25. The van der Waals surface area contributed by atoms with Gasteiger partial charge in [0, 0.05) is 37.0 Å². The van der Waals surface area contributed by atoms with E-state index >= 15 is 0 Å². The summed E-state index contributed by atoms with van der Waals surface area (Å²) in [6.07, 6.45) is 6.71. The molecule has 0 radical (unpaired) electrons. The first kappa shape index (κ1) is 13.8. The van der Waals surface area contributed by atoms with Gasteiger partial charge in [-0.15, -0.1) is 0 Å². The Kier molecular flexibility index (Phi) is 3.73. The Balaban J connectivity index is 1.55. The molecule has 110 valence electrons. The summed E-state index contributed by atoms with van der Waals surface area (Å²) in [5, 5.41) is 0. The van der Waals surface area contributed by atoms with E-state index < -0.39 is 0 Å². The number of Topliss-reactive ketones (excluding diaryl/α,β-unsaturated/α-hetero) is 1. The van der Waals surface area contributed by atoms with Crippen molar-refractivity contribution in [2.45, 2.75) is 38.3 Å². The molecule has 1 aromatic carbocycles. The molecule has 0 unspecified atom stereocenters. The number of halogens is 1. The topological polar surface area (TPSA) is 44.0 Å². The Hall–Kier alpha value is -2.17. The van der Waals surface area contributed by atoms with Crippen molar-refractivity contribution in [2.24, 2.45) is 0 Å². The third kappa shape index (κ3) is 3.12. The van der Waals surface area contributed by atoms with Gasteiger partial charge in [0.1, 0.15) is 5.82 Å². The monoisotopic (exact) mass is 288 g/mol. The lowest BCUT2D eigenvalue weighted by atomic mass is 10.1. The fourth-order valence-corrected chi connectivity index (χ4v) is 2.42. The molecule has 0 amide bonds. The quantitative estimate of drug-likeness (QED) is 0.767. The normalized spacial score (nSPS) is 14.3. The molecule has 0 saturated heterocycles. The van der Waals surface area contributed by atoms with Gasteiger partial charge in [-0.05, 0) is 43.5 Å². The van der Waals surface area contributed by atoms with E-state index in [4.69, 9.17) is 0 Å². The SMILES string of the molecule is O=C(CCCn1ccn(C2CC2)c1=O)c1ccc(F)cc1. The Labute approximate surface area is 121 Å². The van der Waals surface area contributed by atoms with Crippen LogP contribution in [0.1, 0.15) is 42.1 Å². The van der Waals surface area contributed by atoms with Gasteiger partial charge in [-0.2, -0.15) is 0 Å². The molecular formula is C16H17FN2O2. The summed E-state index contributed by atoms with van der Waals surface area (Å²) in [6, 6.07) is 5.93. The highest BCUT2D eigenvalue weighted by atomic mass is 19.1. The number of aryl methyl sites for hydroxylation is 1. The van der Waals surface area contributed by atoms with Crippen LogP contribution in [-0.2, 0) is 6.54 Å². The maximum atomic E-state index is 12.8. The molecule has 3 rings (SSSR count). The summed E-state index contributed by atoms with van der Waals surface area (Å²) in [4.78, 5) is 24.0. The van der Waals surface area contributed by atoms with Crippen LogP contribution in [0.25, 0.3) is 0 Å². The zero-order valence-corrected chi connectivity index (χ0v) is 11.7. The van der Waals surface area contributed by atoms with E-state index in [1.165, 1.54) is 24.3 Å². The smallest absolute Gasteiger partial charge is 0.299 e. The van der Waals surface area contributed by atoms with Crippen LogP contribution in [0.15, 0.2) is 41.5 Å². The number of aromatic nitrogens is 2. The first-order valence-corrected chi connectivity index (χ1v) is 7.21. The van der Waals surface area contributed by atoms with Crippen LogP contribution in [0.4, 0.5) is 4.39 Å². The highest BCUT2D eigenvalue weighted by Gasteiger charge is 2.25. The second-order valence-electron chi connectivity index (χ2n) is 5.45. The van der Waals surface area contributed by atoms with Crippen molar-refractivity contribution in [2.75, 3.05) is 0 Å². The zero-order chi connectivity index (χ0) is 14.8. The fraction of sp³-hybridized carbons (Fsp3) is 0.375.